The van der Waals surface area contributed by atoms with E-state index in [0.29, 0.717) is 34.4 Å². The van der Waals surface area contributed by atoms with Gasteiger partial charge in [-0.05, 0) is 77.7 Å². The predicted molar refractivity (Wildman–Crippen MR) is 172 cm³/mol. The molecule has 3 aromatic heterocycles. The largest absolute Gasteiger partial charge is 0.353 e. The number of unbranched alkanes of at least 4 members (excludes halogenated alkanes) is 1. The van der Waals surface area contributed by atoms with Gasteiger partial charge in [0.15, 0.2) is 0 Å². The van der Waals surface area contributed by atoms with Crippen LogP contribution in [0.3, 0.4) is 0 Å². The second-order valence-electron chi connectivity index (χ2n) is 10.8. The maximum absolute atomic E-state index is 14.6. The monoisotopic (exact) mass is 610 g/mol. The average molecular weight is 611 g/mol. The highest BCUT2D eigenvalue weighted by Crippen LogP contribution is 2.35. The van der Waals surface area contributed by atoms with Gasteiger partial charge in [0.25, 0.3) is 0 Å². The van der Waals surface area contributed by atoms with Crippen molar-refractivity contribution in [1.29, 1.82) is 0 Å². The summed E-state index contributed by atoms with van der Waals surface area (Å²) in [6, 6.07) is 23.6. The van der Waals surface area contributed by atoms with E-state index in [1.54, 1.807) is 6.07 Å². The van der Waals surface area contributed by atoms with Gasteiger partial charge in [-0.25, -0.2) is 22.5 Å². The van der Waals surface area contributed by atoms with Crippen LogP contribution >= 0.6 is 0 Å². The number of nitrogens with one attached hydrogen (secondary N) is 4. The van der Waals surface area contributed by atoms with Gasteiger partial charge in [0.05, 0.1) is 23.2 Å². The number of anilines is 1. The van der Waals surface area contributed by atoms with Crippen LogP contribution in [-0.2, 0) is 21.4 Å². The molecule has 0 saturated heterocycles. The third-order valence-electron chi connectivity index (χ3n) is 7.33. The molecule has 0 atom stereocenters. The van der Waals surface area contributed by atoms with Gasteiger partial charge in [-0.2, -0.15) is 5.10 Å². The van der Waals surface area contributed by atoms with Gasteiger partial charge in [0.2, 0.25) is 15.9 Å². The molecule has 3 heterocycles. The third-order valence-corrected chi connectivity index (χ3v) is 8.00. The summed E-state index contributed by atoms with van der Waals surface area (Å²) in [6.07, 6.45) is 3.35. The molecule has 11 heteroatoms. The molecule has 6 rings (SSSR count). The average Bonchev–Trinajstić information content (AvgIpc) is 3.62. The van der Waals surface area contributed by atoms with Gasteiger partial charge in [-0.1, -0.05) is 37.6 Å². The molecule has 6 aromatic rings. The number of sulfonamides is 1. The first-order chi connectivity index (χ1) is 21.2. The first-order valence-corrected chi connectivity index (χ1v) is 16.2. The van der Waals surface area contributed by atoms with E-state index in [0.717, 1.165) is 58.0 Å². The summed E-state index contributed by atoms with van der Waals surface area (Å²) >= 11 is 0. The fourth-order valence-electron chi connectivity index (χ4n) is 5.22. The number of hydrogen-bond acceptors (Lipinski definition) is 5. The molecule has 1 amide bonds. The van der Waals surface area contributed by atoms with E-state index in [1.165, 1.54) is 12.1 Å². The Hall–Kier alpha value is -4.87. The zero-order valence-electron chi connectivity index (χ0n) is 24.2. The van der Waals surface area contributed by atoms with E-state index < -0.39 is 15.8 Å². The molecular weight excluding hydrogens is 579 g/mol. The quantitative estimate of drug-likeness (QED) is 0.136. The van der Waals surface area contributed by atoms with Crippen molar-refractivity contribution in [3.05, 3.63) is 90.2 Å². The standard InChI is InChI=1S/C33H31FN6O3S/c1-3-4-11-31(41)36-24-8-5-7-21(17-24)27-12-13-29-32(38-27)33(40-39-29)30-18-26-25(9-6-10-28(26)37-30)22-14-20(15-23(34)16-22)19-35-44(2,42)43/h5-10,12-18,35,37H,3-4,11,19H2,1-2H3,(H,36,41)(H,39,40). The fourth-order valence-corrected chi connectivity index (χ4v) is 5.65. The number of carbonyl (C=O) groups excluding carboxylic acids is 1. The van der Waals surface area contributed by atoms with Crippen molar-refractivity contribution in [2.45, 2.75) is 32.7 Å². The van der Waals surface area contributed by atoms with Crippen LogP contribution < -0.4 is 10.0 Å². The molecule has 0 spiro atoms. The third kappa shape index (κ3) is 6.38. The van der Waals surface area contributed by atoms with Crippen LogP contribution in [0.25, 0.3) is 55.7 Å². The second kappa shape index (κ2) is 12.0. The highest BCUT2D eigenvalue weighted by Gasteiger charge is 2.16. The van der Waals surface area contributed by atoms with Gasteiger partial charge in [-0.3, -0.25) is 9.89 Å². The summed E-state index contributed by atoms with van der Waals surface area (Å²) in [5.74, 6) is -0.470. The van der Waals surface area contributed by atoms with Crippen molar-refractivity contribution in [3.63, 3.8) is 0 Å². The Morgan fingerprint density at radius 1 is 0.955 bits per heavy atom. The van der Waals surface area contributed by atoms with Gasteiger partial charge in [0, 0.05) is 35.1 Å². The Morgan fingerprint density at radius 2 is 1.80 bits per heavy atom. The van der Waals surface area contributed by atoms with Crippen molar-refractivity contribution in [2.75, 3.05) is 11.6 Å². The number of fused-ring (bicyclic) bond motifs is 2. The Labute approximate surface area is 254 Å². The number of H-pyrrole nitrogens is 2. The van der Waals surface area contributed by atoms with Crippen molar-refractivity contribution >= 4 is 43.6 Å². The van der Waals surface area contributed by atoms with E-state index in [1.807, 2.05) is 60.7 Å². The number of rotatable bonds is 10. The van der Waals surface area contributed by atoms with Crippen molar-refractivity contribution < 1.29 is 17.6 Å². The molecule has 3 aromatic carbocycles. The van der Waals surface area contributed by atoms with E-state index >= 15 is 0 Å². The minimum Gasteiger partial charge on any atom is -0.353 e. The summed E-state index contributed by atoms with van der Waals surface area (Å²) in [7, 11) is -3.43. The lowest BCUT2D eigenvalue weighted by Gasteiger charge is -2.08. The van der Waals surface area contributed by atoms with Crippen LogP contribution in [0.15, 0.2) is 78.9 Å². The molecule has 4 N–H and O–H groups in total. The maximum Gasteiger partial charge on any atom is 0.224 e. The molecule has 0 saturated carbocycles. The lowest BCUT2D eigenvalue weighted by molar-refractivity contribution is -0.116. The lowest BCUT2D eigenvalue weighted by atomic mass is 9.99. The lowest BCUT2D eigenvalue weighted by Crippen LogP contribution is -2.21. The number of pyridine rings is 1. The number of benzene rings is 3. The molecule has 9 nitrogen and oxygen atoms in total. The van der Waals surface area contributed by atoms with E-state index in [4.69, 9.17) is 4.98 Å². The number of halogens is 1. The van der Waals surface area contributed by atoms with Crippen molar-refractivity contribution in [1.82, 2.24) is 24.9 Å². The molecule has 0 unspecified atom stereocenters. The smallest absolute Gasteiger partial charge is 0.224 e. The Morgan fingerprint density at radius 3 is 2.61 bits per heavy atom. The summed E-state index contributed by atoms with van der Waals surface area (Å²) in [4.78, 5) is 20.6. The summed E-state index contributed by atoms with van der Waals surface area (Å²) in [6.45, 7) is 2.04. The SMILES string of the molecule is CCCCC(=O)Nc1cccc(-c2ccc3[nH]nc(-c4cc5c(-c6cc(F)cc(CNS(C)(=O)=O)c6)cccc5[nH]4)c3n2)c1. The number of nitrogens with zero attached hydrogens (tertiary/aromatic N) is 2. The van der Waals surface area contributed by atoms with Gasteiger partial charge in [0.1, 0.15) is 17.0 Å². The first kappa shape index (κ1) is 29.2. The highest BCUT2D eigenvalue weighted by atomic mass is 32.2. The molecule has 0 aliphatic heterocycles. The zero-order valence-corrected chi connectivity index (χ0v) is 25.1. The first-order valence-electron chi connectivity index (χ1n) is 14.3. The summed E-state index contributed by atoms with van der Waals surface area (Å²) in [5, 5.41) is 11.4. The normalized spacial score (nSPS) is 11.8. The van der Waals surface area contributed by atoms with Crippen LogP contribution in [0.4, 0.5) is 10.1 Å². The molecule has 0 radical (unpaired) electrons. The van der Waals surface area contributed by atoms with Gasteiger partial charge in [-0.15, -0.1) is 0 Å². The van der Waals surface area contributed by atoms with E-state index in [-0.39, 0.29) is 12.5 Å². The zero-order chi connectivity index (χ0) is 30.8. The minimum atomic E-state index is -3.43. The van der Waals surface area contributed by atoms with E-state index in [2.05, 4.69) is 32.1 Å². The molecular formula is C33H31FN6O3S. The van der Waals surface area contributed by atoms with Crippen molar-refractivity contribution in [2.24, 2.45) is 0 Å². The number of aromatic nitrogens is 4. The summed E-state index contributed by atoms with van der Waals surface area (Å²) in [5.41, 5.74) is 7.86. The number of aromatic amines is 2. The van der Waals surface area contributed by atoms with Crippen LogP contribution in [0, 0.1) is 5.82 Å². The predicted octanol–water partition coefficient (Wildman–Crippen LogP) is 6.76. The summed E-state index contributed by atoms with van der Waals surface area (Å²) < 4.78 is 40.2. The van der Waals surface area contributed by atoms with E-state index in [9.17, 15) is 17.6 Å². The van der Waals surface area contributed by atoms with Crippen LogP contribution in [-0.4, -0.2) is 40.7 Å². The Bertz CT molecular complexity index is 2120. The molecule has 0 aliphatic rings. The number of carbonyl (C=O) groups is 1. The van der Waals surface area contributed by atoms with Gasteiger partial charge < -0.3 is 10.3 Å². The topological polar surface area (TPSA) is 133 Å². The second-order valence-corrected chi connectivity index (χ2v) is 12.6. The molecule has 0 aliphatic carbocycles. The number of hydrogen-bond donors (Lipinski definition) is 4. The molecule has 44 heavy (non-hydrogen) atoms. The van der Waals surface area contributed by atoms with Crippen LogP contribution in [0.5, 0.6) is 0 Å². The molecule has 0 bridgehead atoms. The van der Waals surface area contributed by atoms with Crippen LogP contribution in [0.2, 0.25) is 0 Å². The Kier molecular flexibility index (Phi) is 7.98. The van der Waals surface area contributed by atoms with Crippen LogP contribution in [0.1, 0.15) is 31.7 Å². The number of amides is 1. The highest BCUT2D eigenvalue weighted by molar-refractivity contribution is 7.88. The Balaban J connectivity index is 1.35. The molecule has 224 valence electrons. The minimum absolute atomic E-state index is 0.0113. The maximum atomic E-state index is 14.6. The molecule has 0 fully saturated rings. The fraction of sp³-hybridized carbons (Fsp3) is 0.182. The van der Waals surface area contributed by atoms with Crippen molar-refractivity contribution in [3.8, 4) is 33.8 Å². The van der Waals surface area contributed by atoms with Gasteiger partial charge >= 0.3 is 0 Å².